The van der Waals surface area contributed by atoms with Crippen LogP contribution >= 0.6 is 11.8 Å². The van der Waals surface area contributed by atoms with Gasteiger partial charge in [0, 0.05) is 44.0 Å². The fourth-order valence-electron chi connectivity index (χ4n) is 3.32. The molecule has 148 valence electrons. The SMILES string of the molecule is CN(C(=O)CSc1nnc(N2CCCC2)n1C1CC1)c1ccc([N+](=O)[O-])cc1. The van der Waals surface area contributed by atoms with Crippen LogP contribution in [-0.4, -0.2) is 51.5 Å². The Kier molecular flexibility index (Phi) is 5.21. The highest BCUT2D eigenvalue weighted by Crippen LogP contribution is 2.41. The van der Waals surface area contributed by atoms with Crippen molar-refractivity contribution >= 4 is 35.0 Å². The Balaban J connectivity index is 1.42. The maximum Gasteiger partial charge on any atom is 0.269 e. The number of non-ortho nitro benzene ring substituents is 1. The van der Waals surface area contributed by atoms with Crippen LogP contribution < -0.4 is 9.80 Å². The Morgan fingerprint density at radius 1 is 1.25 bits per heavy atom. The predicted octanol–water partition coefficient (Wildman–Crippen LogP) is 2.88. The standard InChI is InChI=1S/C18H22N6O3S/c1-21(13-4-8-15(9-5-13)24(26)27)16(25)12-28-18-20-19-17(22-10-2-3-11-22)23(18)14-6-7-14/h4-5,8-9,14H,2-3,6-7,10-12H2,1H3. The summed E-state index contributed by atoms with van der Waals surface area (Å²) in [5.74, 6) is 1.07. The molecule has 10 heteroatoms. The van der Waals surface area contributed by atoms with Gasteiger partial charge in [-0.2, -0.15) is 0 Å². The number of benzene rings is 1. The van der Waals surface area contributed by atoms with Crippen molar-refractivity contribution in [3.05, 3.63) is 34.4 Å². The molecule has 0 bridgehead atoms. The highest BCUT2D eigenvalue weighted by atomic mass is 32.2. The highest BCUT2D eigenvalue weighted by molar-refractivity contribution is 7.99. The van der Waals surface area contributed by atoms with Crippen molar-refractivity contribution in [2.24, 2.45) is 0 Å². The summed E-state index contributed by atoms with van der Waals surface area (Å²) in [5, 5.41) is 20.3. The Bertz CT molecular complexity index is 874. The third-order valence-electron chi connectivity index (χ3n) is 5.09. The Morgan fingerprint density at radius 3 is 2.54 bits per heavy atom. The van der Waals surface area contributed by atoms with Gasteiger partial charge in [0.15, 0.2) is 5.16 Å². The predicted molar refractivity (Wildman–Crippen MR) is 107 cm³/mol. The zero-order valence-corrected chi connectivity index (χ0v) is 16.5. The molecule has 2 heterocycles. The number of rotatable bonds is 7. The highest BCUT2D eigenvalue weighted by Gasteiger charge is 2.32. The first-order valence-corrected chi connectivity index (χ1v) is 10.4. The first-order chi connectivity index (χ1) is 13.5. The van der Waals surface area contributed by atoms with Gasteiger partial charge in [0.05, 0.1) is 10.7 Å². The van der Waals surface area contributed by atoms with E-state index in [2.05, 4.69) is 19.7 Å². The van der Waals surface area contributed by atoms with Gasteiger partial charge >= 0.3 is 0 Å². The summed E-state index contributed by atoms with van der Waals surface area (Å²) in [5.41, 5.74) is 0.628. The first kappa shape index (κ1) is 18.7. The van der Waals surface area contributed by atoms with E-state index in [4.69, 9.17) is 0 Å². The molecule has 2 aromatic rings. The summed E-state index contributed by atoms with van der Waals surface area (Å²) in [4.78, 5) is 26.7. The number of thioether (sulfide) groups is 1. The average molecular weight is 402 g/mol. The molecular weight excluding hydrogens is 380 g/mol. The maximum absolute atomic E-state index is 12.6. The van der Waals surface area contributed by atoms with Crippen LogP contribution in [0.25, 0.3) is 0 Å². The molecular formula is C18H22N6O3S. The molecule has 1 saturated heterocycles. The van der Waals surface area contributed by atoms with Crippen LogP contribution in [0, 0.1) is 10.1 Å². The summed E-state index contributed by atoms with van der Waals surface area (Å²) in [6.07, 6.45) is 4.61. The lowest BCUT2D eigenvalue weighted by molar-refractivity contribution is -0.384. The number of nitrogens with zero attached hydrogens (tertiary/aromatic N) is 6. The zero-order chi connectivity index (χ0) is 19.7. The second kappa shape index (κ2) is 7.78. The molecule has 1 saturated carbocycles. The first-order valence-electron chi connectivity index (χ1n) is 9.38. The van der Waals surface area contributed by atoms with Crippen molar-refractivity contribution in [2.45, 2.75) is 36.9 Å². The van der Waals surface area contributed by atoms with E-state index in [1.165, 1.54) is 41.6 Å². The number of amides is 1. The van der Waals surface area contributed by atoms with Gasteiger partial charge in [-0.15, -0.1) is 10.2 Å². The van der Waals surface area contributed by atoms with E-state index in [1.54, 1.807) is 19.2 Å². The Morgan fingerprint density at radius 2 is 1.93 bits per heavy atom. The molecule has 0 spiro atoms. The number of carbonyl (C=O) groups excluding carboxylic acids is 1. The van der Waals surface area contributed by atoms with Crippen LogP contribution in [0.1, 0.15) is 31.7 Å². The zero-order valence-electron chi connectivity index (χ0n) is 15.7. The van der Waals surface area contributed by atoms with E-state index < -0.39 is 4.92 Å². The molecule has 4 rings (SSSR count). The molecule has 1 aromatic heterocycles. The number of anilines is 2. The summed E-state index contributed by atoms with van der Waals surface area (Å²) in [6.45, 7) is 2.02. The van der Waals surface area contributed by atoms with Crippen molar-refractivity contribution in [1.82, 2.24) is 14.8 Å². The summed E-state index contributed by atoms with van der Waals surface area (Å²) in [7, 11) is 1.67. The van der Waals surface area contributed by atoms with Crippen molar-refractivity contribution in [3.63, 3.8) is 0 Å². The van der Waals surface area contributed by atoms with E-state index in [9.17, 15) is 14.9 Å². The van der Waals surface area contributed by atoms with E-state index in [0.717, 1.165) is 37.0 Å². The number of aromatic nitrogens is 3. The normalized spacial score (nSPS) is 16.4. The molecule has 1 aromatic carbocycles. The molecule has 0 unspecified atom stereocenters. The number of carbonyl (C=O) groups is 1. The second-order valence-electron chi connectivity index (χ2n) is 7.09. The lowest BCUT2D eigenvalue weighted by atomic mass is 10.2. The van der Waals surface area contributed by atoms with Crippen LogP contribution in [0.5, 0.6) is 0 Å². The van der Waals surface area contributed by atoms with E-state index in [-0.39, 0.29) is 17.3 Å². The van der Waals surface area contributed by atoms with Gasteiger partial charge in [0.1, 0.15) is 0 Å². The minimum absolute atomic E-state index is 0.00551. The van der Waals surface area contributed by atoms with Gasteiger partial charge < -0.3 is 9.80 Å². The Labute approximate surface area is 166 Å². The largest absolute Gasteiger partial charge is 0.341 e. The summed E-state index contributed by atoms with van der Waals surface area (Å²) in [6, 6.07) is 6.41. The summed E-state index contributed by atoms with van der Waals surface area (Å²) < 4.78 is 2.19. The molecule has 9 nitrogen and oxygen atoms in total. The fourth-order valence-corrected chi connectivity index (χ4v) is 4.23. The van der Waals surface area contributed by atoms with Crippen LogP contribution in [0.3, 0.4) is 0 Å². The lowest BCUT2D eigenvalue weighted by Crippen LogP contribution is -2.28. The lowest BCUT2D eigenvalue weighted by Gasteiger charge is -2.19. The maximum atomic E-state index is 12.6. The average Bonchev–Trinajstić information content (AvgIpc) is 3.22. The second-order valence-corrected chi connectivity index (χ2v) is 8.04. The van der Waals surface area contributed by atoms with Crippen molar-refractivity contribution in [3.8, 4) is 0 Å². The van der Waals surface area contributed by atoms with Gasteiger partial charge in [0.25, 0.3) is 5.69 Å². The minimum atomic E-state index is -0.454. The molecule has 0 N–H and O–H groups in total. The van der Waals surface area contributed by atoms with Crippen LogP contribution in [-0.2, 0) is 4.79 Å². The van der Waals surface area contributed by atoms with E-state index in [0.29, 0.717) is 11.7 Å². The third kappa shape index (κ3) is 3.82. The van der Waals surface area contributed by atoms with Crippen molar-refractivity contribution in [2.75, 3.05) is 35.7 Å². The number of hydrogen-bond acceptors (Lipinski definition) is 7. The van der Waals surface area contributed by atoms with Gasteiger partial charge in [-0.1, -0.05) is 11.8 Å². The molecule has 0 radical (unpaired) electrons. The van der Waals surface area contributed by atoms with Crippen molar-refractivity contribution in [1.29, 1.82) is 0 Å². The van der Waals surface area contributed by atoms with Gasteiger partial charge in [-0.25, -0.2) is 0 Å². The van der Waals surface area contributed by atoms with Crippen LogP contribution in [0.4, 0.5) is 17.3 Å². The van der Waals surface area contributed by atoms with Gasteiger partial charge in [0.2, 0.25) is 11.9 Å². The Hall–Kier alpha value is -2.62. The third-order valence-corrected chi connectivity index (χ3v) is 6.02. The molecule has 1 amide bonds. The number of hydrogen-bond donors (Lipinski definition) is 0. The van der Waals surface area contributed by atoms with Gasteiger partial charge in [-0.05, 0) is 37.8 Å². The number of nitro groups is 1. The van der Waals surface area contributed by atoms with Crippen LogP contribution in [0.2, 0.25) is 0 Å². The van der Waals surface area contributed by atoms with Crippen LogP contribution in [0.15, 0.2) is 29.4 Å². The van der Waals surface area contributed by atoms with Crippen molar-refractivity contribution < 1.29 is 9.72 Å². The molecule has 1 aliphatic carbocycles. The fraction of sp³-hybridized carbons (Fsp3) is 0.500. The van der Waals surface area contributed by atoms with E-state index >= 15 is 0 Å². The topological polar surface area (TPSA) is 97.4 Å². The molecule has 0 atom stereocenters. The monoisotopic (exact) mass is 402 g/mol. The molecule has 2 aliphatic rings. The molecule has 2 fully saturated rings. The summed E-state index contributed by atoms with van der Waals surface area (Å²) >= 11 is 1.40. The van der Waals surface area contributed by atoms with Gasteiger partial charge in [-0.3, -0.25) is 19.5 Å². The van der Waals surface area contributed by atoms with E-state index in [1.807, 2.05) is 0 Å². The smallest absolute Gasteiger partial charge is 0.269 e. The minimum Gasteiger partial charge on any atom is -0.341 e. The molecule has 1 aliphatic heterocycles. The molecule has 28 heavy (non-hydrogen) atoms. The number of nitro benzene ring substituents is 1. The quantitative estimate of drug-likeness (QED) is 0.399.